The number of benzene rings is 1. The molecule has 6 nitrogen and oxygen atoms in total. The summed E-state index contributed by atoms with van der Waals surface area (Å²) in [7, 11) is 1.61. The van der Waals surface area contributed by atoms with Gasteiger partial charge in [0, 0.05) is 13.1 Å². The average Bonchev–Trinajstić information content (AvgIpc) is 2.53. The molecule has 1 fully saturated rings. The minimum atomic E-state index is -0.852. The monoisotopic (exact) mass is 349 g/mol. The molecule has 1 N–H and O–H groups in total. The van der Waals surface area contributed by atoms with E-state index in [0.29, 0.717) is 19.5 Å². The van der Waals surface area contributed by atoms with Crippen LogP contribution in [-0.2, 0) is 9.53 Å². The highest BCUT2D eigenvalue weighted by atomic mass is 16.6. The highest BCUT2D eigenvalue weighted by Gasteiger charge is 2.35. The predicted molar refractivity (Wildman–Crippen MR) is 93.9 cm³/mol. The maximum absolute atomic E-state index is 12.3. The number of methoxy groups -OCH3 is 1. The Balaban J connectivity index is 2.14. The number of carbonyl (C=O) groups excluding carboxylic acids is 1. The van der Waals surface area contributed by atoms with Gasteiger partial charge in [-0.05, 0) is 56.7 Å². The molecular formula is C19H27NO5. The van der Waals surface area contributed by atoms with E-state index in [4.69, 9.17) is 9.47 Å². The molecule has 1 aromatic carbocycles. The number of aliphatic carboxylic acids is 1. The topological polar surface area (TPSA) is 76.1 Å². The number of carboxylic acid groups (broad SMARTS) is 1. The van der Waals surface area contributed by atoms with Gasteiger partial charge in [0.05, 0.1) is 13.5 Å². The molecule has 0 aromatic heterocycles. The molecule has 1 amide bonds. The Morgan fingerprint density at radius 3 is 2.40 bits per heavy atom. The van der Waals surface area contributed by atoms with Gasteiger partial charge in [0.25, 0.3) is 0 Å². The van der Waals surface area contributed by atoms with E-state index >= 15 is 0 Å². The van der Waals surface area contributed by atoms with Gasteiger partial charge in [-0.1, -0.05) is 12.1 Å². The number of amides is 1. The third-order valence-electron chi connectivity index (χ3n) is 4.37. The van der Waals surface area contributed by atoms with Gasteiger partial charge in [-0.25, -0.2) is 4.79 Å². The zero-order chi connectivity index (χ0) is 18.6. The maximum atomic E-state index is 12.3. The molecule has 0 bridgehead atoms. The van der Waals surface area contributed by atoms with Crippen molar-refractivity contribution >= 4 is 12.1 Å². The van der Waals surface area contributed by atoms with E-state index in [0.717, 1.165) is 11.3 Å². The molecule has 2 rings (SSSR count). The number of rotatable bonds is 4. The minimum Gasteiger partial charge on any atom is -0.497 e. The Labute approximate surface area is 148 Å². The Morgan fingerprint density at radius 1 is 1.24 bits per heavy atom. The van der Waals surface area contributed by atoms with Crippen molar-refractivity contribution in [3.8, 4) is 5.75 Å². The van der Waals surface area contributed by atoms with E-state index in [-0.39, 0.29) is 24.3 Å². The Bertz CT molecular complexity index is 605. The lowest BCUT2D eigenvalue weighted by Crippen LogP contribution is -2.45. The Morgan fingerprint density at radius 2 is 1.88 bits per heavy atom. The van der Waals surface area contributed by atoms with Gasteiger partial charge in [0.15, 0.2) is 0 Å². The number of carbonyl (C=O) groups is 2. The summed E-state index contributed by atoms with van der Waals surface area (Å²) in [5.41, 5.74) is 0.516. The van der Waals surface area contributed by atoms with Crippen LogP contribution in [0.15, 0.2) is 24.3 Å². The first kappa shape index (κ1) is 19.1. The molecule has 2 unspecified atom stereocenters. The summed E-state index contributed by atoms with van der Waals surface area (Å²) in [4.78, 5) is 25.2. The van der Waals surface area contributed by atoms with Gasteiger partial charge in [-0.3, -0.25) is 4.79 Å². The number of likely N-dealkylation sites (tertiary alicyclic amines) is 1. The lowest BCUT2D eigenvalue weighted by atomic mass is 9.79. The van der Waals surface area contributed by atoms with Crippen molar-refractivity contribution in [1.82, 2.24) is 4.90 Å². The molecule has 0 spiro atoms. The maximum Gasteiger partial charge on any atom is 0.410 e. The van der Waals surface area contributed by atoms with Gasteiger partial charge in [0.1, 0.15) is 11.4 Å². The second-order valence-electron chi connectivity index (χ2n) is 7.45. The number of hydrogen-bond donors (Lipinski definition) is 1. The minimum absolute atomic E-state index is 0.0238. The number of ether oxygens (including phenoxy) is 2. The molecular weight excluding hydrogens is 322 g/mol. The molecule has 6 heteroatoms. The Hall–Kier alpha value is -2.24. The van der Waals surface area contributed by atoms with Crippen LogP contribution in [0, 0.1) is 5.92 Å². The van der Waals surface area contributed by atoms with Crippen LogP contribution in [0.5, 0.6) is 5.75 Å². The van der Waals surface area contributed by atoms with Crippen LogP contribution in [0.1, 0.15) is 45.1 Å². The van der Waals surface area contributed by atoms with E-state index in [9.17, 15) is 14.7 Å². The van der Waals surface area contributed by atoms with E-state index in [1.807, 2.05) is 45.0 Å². The molecule has 1 aliphatic heterocycles. The summed E-state index contributed by atoms with van der Waals surface area (Å²) in [6.07, 6.45) is 0.357. The standard InChI is InChI=1S/C19H27NO5/c1-19(2,3)25-18(23)20-10-9-16(14(12-20)11-17(21)22)13-5-7-15(24-4)8-6-13/h5-8,14,16H,9-12H2,1-4H3,(H,21,22). The Kier molecular flexibility index (Phi) is 5.93. The first-order valence-electron chi connectivity index (χ1n) is 8.53. The lowest BCUT2D eigenvalue weighted by molar-refractivity contribution is -0.138. The fourth-order valence-electron chi connectivity index (χ4n) is 3.25. The van der Waals surface area contributed by atoms with Gasteiger partial charge in [0.2, 0.25) is 0 Å². The first-order chi connectivity index (χ1) is 11.7. The van der Waals surface area contributed by atoms with Crippen molar-refractivity contribution in [2.45, 2.75) is 45.1 Å². The molecule has 1 heterocycles. The summed E-state index contributed by atoms with van der Waals surface area (Å²) in [5, 5.41) is 9.27. The van der Waals surface area contributed by atoms with Crippen LogP contribution < -0.4 is 4.74 Å². The van der Waals surface area contributed by atoms with Gasteiger partial charge < -0.3 is 19.5 Å². The first-order valence-corrected chi connectivity index (χ1v) is 8.53. The van der Waals surface area contributed by atoms with Crippen LogP contribution in [0.2, 0.25) is 0 Å². The second kappa shape index (κ2) is 7.76. The quantitative estimate of drug-likeness (QED) is 0.900. The summed E-state index contributed by atoms with van der Waals surface area (Å²) in [6, 6.07) is 7.71. The molecule has 0 radical (unpaired) electrons. The third kappa shape index (κ3) is 5.37. The van der Waals surface area contributed by atoms with Crippen molar-refractivity contribution in [3.05, 3.63) is 29.8 Å². The second-order valence-corrected chi connectivity index (χ2v) is 7.45. The number of nitrogens with zero attached hydrogens (tertiary/aromatic N) is 1. The van der Waals surface area contributed by atoms with Gasteiger partial charge >= 0.3 is 12.1 Å². The van der Waals surface area contributed by atoms with Crippen LogP contribution in [0.25, 0.3) is 0 Å². The molecule has 1 aromatic rings. The summed E-state index contributed by atoms with van der Waals surface area (Å²) >= 11 is 0. The van der Waals surface area contributed by atoms with Crippen LogP contribution in [-0.4, -0.2) is 47.9 Å². The highest BCUT2D eigenvalue weighted by Crippen LogP contribution is 2.36. The lowest BCUT2D eigenvalue weighted by Gasteiger charge is -2.38. The molecule has 0 aliphatic carbocycles. The molecule has 1 saturated heterocycles. The van der Waals surface area contributed by atoms with Crippen molar-refractivity contribution in [3.63, 3.8) is 0 Å². The zero-order valence-corrected chi connectivity index (χ0v) is 15.3. The number of carboxylic acids is 1. The number of piperidine rings is 1. The van der Waals surface area contributed by atoms with E-state index < -0.39 is 11.6 Å². The van der Waals surface area contributed by atoms with Crippen molar-refractivity contribution in [2.24, 2.45) is 5.92 Å². The van der Waals surface area contributed by atoms with E-state index in [2.05, 4.69) is 0 Å². The summed E-state index contributed by atoms with van der Waals surface area (Å²) in [6.45, 7) is 6.41. The summed E-state index contributed by atoms with van der Waals surface area (Å²) in [5.74, 6) is -0.132. The van der Waals surface area contributed by atoms with Crippen LogP contribution in [0.4, 0.5) is 4.79 Å². The van der Waals surface area contributed by atoms with Crippen LogP contribution in [0.3, 0.4) is 0 Å². The highest BCUT2D eigenvalue weighted by molar-refractivity contribution is 5.69. The van der Waals surface area contributed by atoms with Crippen molar-refractivity contribution < 1.29 is 24.2 Å². The molecule has 2 atom stereocenters. The summed E-state index contributed by atoms with van der Waals surface area (Å²) < 4.78 is 10.6. The molecule has 25 heavy (non-hydrogen) atoms. The smallest absolute Gasteiger partial charge is 0.410 e. The van der Waals surface area contributed by atoms with Crippen molar-refractivity contribution in [2.75, 3.05) is 20.2 Å². The zero-order valence-electron chi connectivity index (χ0n) is 15.3. The van der Waals surface area contributed by atoms with E-state index in [1.54, 1.807) is 12.0 Å². The molecule has 1 aliphatic rings. The number of hydrogen-bond acceptors (Lipinski definition) is 4. The van der Waals surface area contributed by atoms with Crippen LogP contribution >= 0.6 is 0 Å². The largest absolute Gasteiger partial charge is 0.497 e. The third-order valence-corrected chi connectivity index (χ3v) is 4.37. The average molecular weight is 349 g/mol. The van der Waals surface area contributed by atoms with Crippen molar-refractivity contribution in [1.29, 1.82) is 0 Å². The normalized spacial score (nSPS) is 20.9. The fraction of sp³-hybridized carbons (Fsp3) is 0.579. The van der Waals surface area contributed by atoms with Gasteiger partial charge in [-0.15, -0.1) is 0 Å². The van der Waals surface area contributed by atoms with Gasteiger partial charge in [-0.2, -0.15) is 0 Å². The molecule has 138 valence electrons. The molecule has 0 saturated carbocycles. The SMILES string of the molecule is COc1ccc(C2CCN(C(=O)OC(C)(C)C)CC2CC(=O)O)cc1. The fourth-order valence-corrected chi connectivity index (χ4v) is 3.25. The van der Waals surface area contributed by atoms with E-state index in [1.165, 1.54) is 0 Å². The predicted octanol–water partition coefficient (Wildman–Crippen LogP) is 3.51.